The van der Waals surface area contributed by atoms with E-state index in [-0.39, 0.29) is 0 Å². The minimum atomic E-state index is 0.489. The molecule has 0 saturated carbocycles. The van der Waals surface area contributed by atoms with Crippen molar-refractivity contribution in [1.82, 2.24) is 14.4 Å². The van der Waals surface area contributed by atoms with Gasteiger partial charge in [0.15, 0.2) is 5.65 Å². The van der Waals surface area contributed by atoms with Crippen LogP contribution in [0.5, 0.6) is 0 Å². The molecule has 0 atom stereocenters. The van der Waals surface area contributed by atoms with Crippen molar-refractivity contribution in [2.45, 2.75) is 6.54 Å². The Balaban J connectivity index is 1.87. The quantitative estimate of drug-likeness (QED) is 0.559. The van der Waals surface area contributed by atoms with Crippen molar-refractivity contribution < 1.29 is 0 Å². The lowest BCUT2D eigenvalue weighted by Crippen LogP contribution is -2.03. The maximum atomic E-state index is 6.22. The molecule has 108 valence electrons. The van der Waals surface area contributed by atoms with Crippen LogP contribution in [-0.4, -0.2) is 14.4 Å². The molecule has 2 heterocycles. The Labute approximate surface area is 147 Å². The Hall–Kier alpha value is -0.820. The molecule has 0 amide bonds. The summed E-state index contributed by atoms with van der Waals surface area (Å²) in [7, 11) is 0. The number of imidazole rings is 1. The first-order valence-corrected chi connectivity index (χ1v) is 8.25. The summed E-state index contributed by atoms with van der Waals surface area (Å²) in [6.45, 7) is 0.565. The Morgan fingerprint density at radius 1 is 1.10 bits per heavy atom. The van der Waals surface area contributed by atoms with E-state index in [2.05, 4.69) is 47.1 Å². The lowest BCUT2D eigenvalue weighted by Gasteiger charge is -2.10. The number of benzene rings is 1. The van der Waals surface area contributed by atoms with E-state index in [4.69, 9.17) is 23.2 Å². The summed E-state index contributed by atoms with van der Waals surface area (Å²) >= 11 is 19.0. The van der Waals surface area contributed by atoms with Gasteiger partial charge in [-0.15, -0.1) is 0 Å². The highest BCUT2D eigenvalue weighted by molar-refractivity contribution is 9.10. The fraction of sp³-hybridized carbons (Fsp3) is 0.0769. The number of nitrogens with zero attached hydrogens (tertiary/aromatic N) is 3. The van der Waals surface area contributed by atoms with Crippen LogP contribution in [0.4, 0.5) is 5.69 Å². The van der Waals surface area contributed by atoms with Crippen LogP contribution in [0.2, 0.25) is 10.0 Å². The van der Waals surface area contributed by atoms with Crippen LogP contribution in [0, 0.1) is 0 Å². The standard InChI is InChI=1S/C13H8Br2Cl2N4/c14-8-1-2-9(13(17)12(8)16)18-3-7-4-20-11-5-19-10(15)6-21(7)11/h1-2,4-6,18H,3H2. The van der Waals surface area contributed by atoms with Crippen LogP contribution in [0.1, 0.15) is 5.69 Å². The van der Waals surface area contributed by atoms with Crippen LogP contribution in [0.25, 0.3) is 5.65 Å². The molecule has 3 rings (SSSR count). The van der Waals surface area contributed by atoms with Crippen LogP contribution < -0.4 is 5.32 Å². The summed E-state index contributed by atoms with van der Waals surface area (Å²) in [5.41, 5.74) is 2.55. The van der Waals surface area contributed by atoms with E-state index >= 15 is 0 Å². The van der Waals surface area contributed by atoms with E-state index in [9.17, 15) is 0 Å². The molecule has 0 radical (unpaired) electrons. The molecule has 3 aromatic rings. The number of hydrogen-bond donors (Lipinski definition) is 1. The Kier molecular flexibility index (Phi) is 4.40. The number of nitrogens with one attached hydrogen (secondary N) is 1. The van der Waals surface area contributed by atoms with Gasteiger partial charge in [0.05, 0.1) is 40.4 Å². The van der Waals surface area contributed by atoms with E-state index in [1.165, 1.54) is 0 Å². The van der Waals surface area contributed by atoms with Gasteiger partial charge in [-0.25, -0.2) is 9.97 Å². The maximum absolute atomic E-state index is 6.22. The number of hydrogen-bond acceptors (Lipinski definition) is 3. The third-order valence-corrected chi connectivity index (χ3v) is 5.12. The highest BCUT2D eigenvalue weighted by Gasteiger charge is 2.09. The summed E-state index contributed by atoms with van der Waals surface area (Å²) in [4.78, 5) is 8.44. The zero-order valence-electron chi connectivity index (χ0n) is 10.4. The van der Waals surface area contributed by atoms with Crippen molar-refractivity contribution in [3.63, 3.8) is 0 Å². The summed E-state index contributed by atoms with van der Waals surface area (Å²) in [5.74, 6) is 0. The summed E-state index contributed by atoms with van der Waals surface area (Å²) in [6, 6.07) is 3.73. The first-order chi connectivity index (χ1) is 10.1. The van der Waals surface area contributed by atoms with Gasteiger partial charge >= 0.3 is 0 Å². The third kappa shape index (κ3) is 3.04. The van der Waals surface area contributed by atoms with Crippen molar-refractivity contribution in [1.29, 1.82) is 0 Å². The fourth-order valence-corrected chi connectivity index (χ4v) is 3.04. The van der Waals surface area contributed by atoms with Crippen molar-refractivity contribution in [3.05, 3.63) is 55.5 Å². The molecule has 4 nitrogen and oxygen atoms in total. The maximum Gasteiger partial charge on any atom is 0.155 e. The van der Waals surface area contributed by atoms with E-state index in [1.54, 1.807) is 12.4 Å². The zero-order chi connectivity index (χ0) is 15.0. The van der Waals surface area contributed by atoms with Gasteiger partial charge in [-0.1, -0.05) is 23.2 Å². The van der Waals surface area contributed by atoms with Crippen LogP contribution >= 0.6 is 55.1 Å². The molecule has 0 aliphatic heterocycles. The number of rotatable bonds is 3. The molecule has 0 spiro atoms. The van der Waals surface area contributed by atoms with Gasteiger partial charge in [0.25, 0.3) is 0 Å². The van der Waals surface area contributed by atoms with Gasteiger partial charge in [-0.05, 0) is 44.0 Å². The molecule has 1 aromatic carbocycles. The molecule has 8 heteroatoms. The Bertz CT molecular complexity index is 819. The van der Waals surface area contributed by atoms with Gasteiger partial charge < -0.3 is 5.32 Å². The highest BCUT2D eigenvalue weighted by Crippen LogP contribution is 2.35. The average molecular weight is 451 g/mol. The van der Waals surface area contributed by atoms with Crippen molar-refractivity contribution in [2.24, 2.45) is 0 Å². The number of fused-ring (bicyclic) bond motifs is 1. The molecule has 0 aliphatic rings. The lowest BCUT2D eigenvalue weighted by molar-refractivity contribution is 0.983. The second-order valence-corrected chi connectivity index (χ2v) is 6.69. The van der Waals surface area contributed by atoms with Crippen LogP contribution in [0.15, 0.2) is 39.8 Å². The predicted molar refractivity (Wildman–Crippen MR) is 92.2 cm³/mol. The number of anilines is 1. The van der Waals surface area contributed by atoms with Crippen molar-refractivity contribution >= 4 is 66.4 Å². The molecule has 1 N–H and O–H groups in total. The average Bonchev–Trinajstić information content (AvgIpc) is 2.86. The van der Waals surface area contributed by atoms with Crippen LogP contribution in [-0.2, 0) is 6.54 Å². The smallest absolute Gasteiger partial charge is 0.155 e. The molecule has 0 bridgehead atoms. The molecule has 2 aromatic heterocycles. The van der Waals surface area contributed by atoms with Crippen LogP contribution in [0.3, 0.4) is 0 Å². The molecule has 21 heavy (non-hydrogen) atoms. The van der Waals surface area contributed by atoms with Gasteiger partial charge in [0.1, 0.15) is 4.60 Å². The summed E-state index contributed by atoms with van der Waals surface area (Å²) in [6.07, 6.45) is 5.37. The van der Waals surface area contributed by atoms with E-state index in [1.807, 2.05) is 22.7 Å². The summed E-state index contributed by atoms with van der Waals surface area (Å²) < 4.78 is 3.47. The second kappa shape index (κ2) is 6.12. The monoisotopic (exact) mass is 448 g/mol. The SMILES string of the molecule is Clc1c(Br)ccc(NCc2cnc3cnc(Br)cn23)c1Cl. The second-order valence-electron chi connectivity index (χ2n) is 4.26. The van der Waals surface area contributed by atoms with E-state index in [0.717, 1.165) is 26.1 Å². The molecular formula is C13H8Br2Cl2N4. The minimum Gasteiger partial charge on any atom is -0.378 e. The Morgan fingerprint density at radius 3 is 2.71 bits per heavy atom. The summed E-state index contributed by atoms with van der Waals surface area (Å²) in [5, 5.41) is 4.24. The topological polar surface area (TPSA) is 42.2 Å². The van der Waals surface area contributed by atoms with E-state index < -0.39 is 0 Å². The zero-order valence-corrected chi connectivity index (χ0v) is 15.1. The molecule has 0 aliphatic carbocycles. The van der Waals surface area contributed by atoms with Gasteiger partial charge in [0, 0.05) is 10.7 Å². The molecule has 0 fully saturated rings. The molecule has 0 unspecified atom stereocenters. The molecule has 0 saturated heterocycles. The Morgan fingerprint density at radius 2 is 1.90 bits per heavy atom. The lowest BCUT2D eigenvalue weighted by atomic mass is 10.3. The number of halogens is 4. The van der Waals surface area contributed by atoms with Crippen molar-refractivity contribution in [2.75, 3.05) is 5.32 Å². The number of aromatic nitrogens is 3. The van der Waals surface area contributed by atoms with Gasteiger partial charge in [-0.2, -0.15) is 0 Å². The largest absolute Gasteiger partial charge is 0.378 e. The predicted octanol–water partition coefficient (Wildman–Crippen LogP) is 5.17. The molecular weight excluding hydrogens is 443 g/mol. The van der Waals surface area contributed by atoms with E-state index in [0.29, 0.717) is 16.6 Å². The van der Waals surface area contributed by atoms with Crippen molar-refractivity contribution in [3.8, 4) is 0 Å². The van der Waals surface area contributed by atoms with Gasteiger partial charge in [0.2, 0.25) is 0 Å². The normalized spacial score (nSPS) is 11.0. The first-order valence-electron chi connectivity index (χ1n) is 5.91. The van der Waals surface area contributed by atoms with Gasteiger partial charge in [-0.3, -0.25) is 4.40 Å². The fourth-order valence-electron chi connectivity index (χ4n) is 1.90. The first kappa shape index (κ1) is 15.1. The minimum absolute atomic E-state index is 0.489. The third-order valence-electron chi connectivity index (χ3n) is 2.94. The highest BCUT2D eigenvalue weighted by atomic mass is 79.9.